The number of benzene rings is 2. The number of methoxy groups -OCH3 is 1. The number of aryl methyl sites for hydroxylation is 1. The number of halogens is 1. The molecule has 5 nitrogen and oxygen atoms in total. The van der Waals surface area contributed by atoms with E-state index in [1.807, 2.05) is 37.3 Å². The molecule has 1 heterocycles. The van der Waals surface area contributed by atoms with Gasteiger partial charge < -0.3 is 4.74 Å². The second-order valence-electron chi connectivity index (χ2n) is 5.75. The third-order valence-electron chi connectivity index (χ3n) is 3.74. The van der Waals surface area contributed by atoms with Crippen molar-refractivity contribution in [2.45, 2.75) is 11.8 Å². The topological polar surface area (TPSA) is 63.6 Å². The van der Waals surface area contributed by atoms with Gasteiger partial charge in [0.05, 0.1) is 29.6 Å². The van der Waals surface area contributed by atoms with E-state index in [4.69, 9.17) is 16.3 Å². The van der Waals surface area contributed by atoms with Crippen LogP contribution in [0.2, 0.25) is 5.02 Å². The first-order valence-corrected chi connectivity index (χ1v) is 9.58. The smallest absolute Gasteiger partial charge is 0.250 e. The number of hydrogen-bond acceptors (Lipinski definition) is 5. The number of nitrogens with one attached hydrogen (secondary N) is 1. The van der Waals surface area contributed by atoms with Crippen molar-refractivity contribution in [2.75, 3.05) is 12.9 Å². The number of thioether (sulfide) groups is 1. The number of hydrogen-bond donors (Lipinski definition) is 1. The Morgan fingerprint density at radius 3 is 2.89 bits per heavy atom. The van der Waals surface area contributed by atoms with Gasteiger partial charge in [-0.3, -0.25) is 9.78 Å². The summed E-state index contributed by atoms with van der Waals surface area (Å²) in [4.78, 5) is 17.6. The van der Waals surface area contributed by atoms with Crippen molar-refractivity contribution in [3.63, 3.8) is 0 Å². The van der Waals surface area contributed by atoms with E-state index in [-0.39, 0.29) is 11.7 Å². The minimum atomic E-state index is -0.186. The summed E-state index contributed by atoms with van der Waals surface area (Å²) in [5.41, 5.74) is 5.15. The van der Waals surface area contributed by atoms with Crippen LogP contribution in [0.15, 0.2) is 58.5 Å². The Bertz CT molecular complexity index is 1010. The molecule has 7 heteroatoms. The average Bonchev–Trinajstić information content (AvgIpc) is 2.66. The number of hydrazone groups is 1. The Kier molecular flexibility index (Phi) is 6.32. The number of amides is 1. The summed E-state index contributed by atoms with van der Waals surface area (Å²) in [7, 11) is 1.56. The van der Waals surface area contributed by atoms with Gasteiger partial charge >= 0.3 is 0 Å². The van der Waals surface area contributed by atoms with Crippen molar-refractivity contribution >= 4 is 46.4 Å². The van der Waals surface area contributed by atoms with Crippen LogP contribution < -0.4 is 10.2 Å². The molecular weight excluding hydrogens is 382 g/mol. The highest BCUT2D eigenvalue weighted by Crippen LogP contribution is 2.27. The molecule has 0 saturated carbocycles. The molecule has 0 saturated heterocycles. The molecule has 0 atom stereocenters. The van der Waals surface area contributed by atoms with E-state index in [0.717, 1.165) is 27.1 Å². The van der Waals surface area contributed by atoms with Gasteiger partial charge in [-0.15, -0.1) is 11.8 Å². The third kappa shape index (κ3) is 4.99. The van der Waals surface area contributed by atoms with Crippen molar-refractivity contribution in [1.82, 2.24) is 10.4 Å². The monoisotopic (exact) mass is 399 g/mol. The zero-order chi connectivity index (χ0) is 19.2. The highest BCUT2D eigenvalue weighted by Gasteiger charge is 2.07. The minimum absolute atomic E-state index is 0.186. The lowest BCUT2D eigenvalue weighted by Gasteiger charge is -2.07. The van der Waals surface area contributed by atoms with Gasteiger partial charge in [0.1, 0.15) is 5.75 Å². The maximum absolute atomic E-state index is 12.1. The number of carbonyl (C=O) groups excluding carboxylic acids is 1. The molecule has 0 aliphatic carbocycles. The highest BCUT2D eigenvalue weighted by atomic mass is 35.5. The predicted molar refractivity (Wildman–Crippen MR) is 111 cm³/mol. The van der Waals surface area contributed by atoms with Crippen molar-refractivity contribution < 1.29 is 9.53 Å². The Hall–Kier alpha value is -2.57. The SMILES string of the molecule is COc1ccc(/C=N/NC(=O)CSc2cc(C)nc3ccccc23)cc1Cl. The second-order valence-corrected chi connectivity index (χ2v) is 7.18. The number of carbonyl (C=O) groups is 1. The lowest BCUT2D eigenvalue weighted by Crippen LogP contribution is -2.19. The van der Waals surface area contributed by atoms with E-state index in [9.17, 15) is 4.79 Å². The van der Waals surface area contributed by atoms with Gasteiger partial charge in [-0.05, 0) is 42.8 Å². The largest absolute Gasteiger partial charge is 0.495 e. The summed E-state index contributed by atoms with van der Waals surface area (Å²) in [5.74, 6) is 0.664. The molecule has 1 N–H and O–H groups in total. The Morgan fingerprint density at radius 2 is 2.11 bits per heavy atom. The summed E-state index contributed by atoms with van der Waals surface area (Å²) in [6, 6.07) is 15.2. The number of rotatable bonds is 6. The van der Waals surface area contributed by atoms with Crippen LogP contribution in [0.4, 0.5) is 0 Å². The molecule has 1 aromatic heterocycles. The van der Waals surface area contributed by atoms with Crippen LogP contribution in [0, 0.1) is 6.92 Å². The number of nitrogens with zero attached hydrogens (tertiary/aromatic N) is 2. The van der Waals surface area contributed by atoms with Gasteiger partial charge in [0.15, 0.2) is 0 Å². The van der Waals surface area contributed by atoms with Gasteiger partial charge in [-0.2, -0.15) is 5.10 Å². The third-order valence-corrected chi connectivity index (χ3v) is 5.09. The minimum Gasteiger partial charge on any atom is -0.495 e. The summed E-state index contributed by atoms with van der Waals surface area (Å²) in [6.07, 6.45) is 1.54. The molecule has 0 aliphatic rings. The van der Waals surface area contributed by atoms with Gasteiger partial charge in [0.2, 0.25) is 5.91 Å². The molecule has 2 aromatic carbocycles. The van der Waals surface area contributed by atoms with Crippen LogP contribution >= 0.6 is 23.4 Å². The normalized spacial score (nSPS) is 11.1. The second kappa shape index (κ2) is 8.88. The molecule has 3 aromatic rings. The van der Waals surface area contributed by atoms with Gasteiger partial charge in [-0.1, -0.05) is 29.8 Å². The first-order chi connectivity index (χ1) is 13.1. The summed E-state index contributed by atoms with van der Waals surface area (Å²) in [6.45, 7) is 1.95. The molecule has 0 aliphatic heterocycles. The Labute approximate surface area is 166 Å². The van der Waals surface area contributed by atoms with Crippen molar-refractivity contribution in [3.8, 4) is 5.75 Å². The van der Waals surface area contributed by atoms with Crippen molar-refractivity contribution in [2.24, 2.45) is 5.10 Å². The maximum Gasteiger partial charge on any atom is 0.250 e. The van der Waals surface area contributed by atoms with Crippen LogP contribution in [0.1, 0.15) is 11.3 Å². The Morgan fingerprint density at radius 1 is 1.30 bits per heavy atom. The van der Waals surface area contributed by atoms with E-state index < -0.39 is 0 Å². The average molecular weight is 400 g/mol. The van der Waals surface area contributed by atoms with Crippen LogP contribution in [-0.2, 0) is 4.79 Å². The summed E-state index contributed by atoms with van der Waals surface area (Å²) in [5, 5.41) is 5.51. The fourth-order valence-corrected chi connectivity index (χ4v) is 3.71. The van der Waals surface area contributed by atoms with E-state index in [0.29, 0.717) is 10.8 Å². The van der Waals surface area contributed by atoms with Gasteiger partial charge in [0, 0.05) is 16.0 Å². The summed E-state index contributed by atoms with van der Waals surface area (Å²) < 4.78 is 5.10. The molecular formula is C20H18ClN3O2S. The molecule has 138 valence electrons. The van der Waals surface area contributed by atoms with Crippen molar-refractivity contribution in [1.29, 1.82) is 0 Å². The van der Waals surface area contributed by atoms with E-state index in [2.05, 4.69) is 15.5 Å². The lowest BCUT2D eigenvalue weighted by atomic mass is 10.2. The quantitative estimate of drug-likeness (QED) is 0.378. The number of ether oxygens (including phenoxy) is 1. The van der Waals surface area contributed by atoms with E-state index in [1.54, 1.807) is 31.5 Å². The first-order valence-electron chi connectivity index (χ1n) is 8.21. The number of fused-ring (bicyclic) bond motifs is 1. The molecule has 0 unspecified atom stereocenters. The number of para-hydroxylation sites is 1. The van der Waals surface area contributed by atoms with Crippen molar-refractivity contribution in [3.05, 3.63) is 64.8 Å². The molecule has 0 fully saturated rings. The molecule has 27 heavy (non-hydrogen) atoms. The molecule has 1 amide bonds. The highest BCUT2D eigenvalue weighted by molar-refractivity contribution is 8.00. The van der Waals surface area contributed by atoms with Crippen LogP contribution in [-0.4, -0.2) is 30.0 Å². The zero-order valence-corrected chi connectivity index (χ0v) is 16.5. The van der Waals surface area contributed by atoms with E-state index >= 15 is 0 Å². The fraction of sp³-hybridized carbons (Fsp3) is 0.150. The van der Waals surface area contributed by atoms with E-state index in [1.165, 1.54) is 11.8 Å². The predicted octanol–water partition coefficient (Wildman–Crippen LogP) is 4.45. The summed E-state index contributed by atoms with van der Waals surface area (Å²) >= 11 is 7.53. The fourth-order valence-electron chi connectivity index (χ4n) is 2.51. The maximum atomic E-state index is 12.1. The molecule has 0 bridgehead atoms. The molecule has 3 rings (SSSR count). The van der Waals surface area contributed by atoms with Crippen LogP contribution in [0.3, 0.4) is 0 Å². The standard InChI is InChI=1S/C20H18ClN3O2S/c1-13-9-19(15-5-3-4-6-17(15)23-13)27-12-20(25)24-22-11-14-7-8-18(26-2)16(21)10-14/h3-11H,12H2,1-2H3,(H,24,25)/b22-11+. The number of aromatic nitrogens is 1. The van der Waals surface area contributed by atoms with Crippen LogP contribution in [0.25, 0.3) is 10.9 Å². The molecule has 0 spiro atoms. The zero-order valence-electron chi connectivity index (χ0n) is 14.9. The first kappa shape index (κ1) is 19.2. The van der Waals surface area contributed by atoms with Gasteiger partial charge in [-0.25, -0.2) is 5.43 Å². The van der Waals surface area contributed by atoms with Gasteiger partial charge in [0.25, 0.3) is 0 Å². The number of pyridine rings is 1. The molecule has 0 radical (unpaired) electrons. The Balaban J connectivity index is 1.60. The van der Waals surface area contributed by atoms with Crippen LogP contribution in [0.5, 0.6) is 5.75 Å². The lowest BCUT2D eigenvalue weighted by molar-refractivity contribution is -0.118.